The molecule has 0 aliphatic carbocycles. The second-order valence-corrected chi connectivity index (χ2v) is 4.78. The molecular formula is C13H12N2O3S. The summed E-state index contributed by atoms with van der Waals surface area (Å²) in [5.41, 5.74) is 0.103. The van der Waals surface area contributed by atoms with Gasteiger partial charge in [-0.2, -0.15) is 0 Å². The van der Waals surface area contributed by atoms with Crippen molar-refractivity contribution in [3.8, 4) is 5.75 Å². The molecule has 0 spiro atoms. The largest absolute Gasteiger partial charge is 0.497 e. The molecule has 1 aromatic heterocycles. The van der Waals surface area contributed by atoms with Crippen molar-refractivity contribution >= 4 is 17.7 Å². The first kappa shape index (κ1) is 13.4. The smallest absolute Gasteiger partial charge is 0.340 e. The third-order valence-corrected chi connectivity index (χ3v) is 3.39. The SMILES string of the molecule is COc1ccc(Sc2nc(C)ncc2C(=O)O)cc1. The van der Waals surface area contributed by atoms with Gasteiger partial charge in [0.1, 0.15) is 22.2 Å². The van der Waals surface area contributed by atoms with E-state index in [1.54, 1.807) is 14.0 Å². The van der Waals surface area contributed by atoms with Gasteiger partial charge in [-0.05, 0) is 31.2 Å². The summed E-state index contributed by atoms with van der Waals surface area (Å²) in [6.07, 6.45) is 1.33. The summed E-state index contributed by atoms with van der Waals surface area (Å²) >= 11 is 1.29. The fourth-order valence-electron chi connectivity index (χ4n) is 1.43. The molecule has 5 nitrogen and oxygen atoms in total. The third-order valence-electron chi connectivity index (χ3n) is 2.38. The van der Waals surface area contributed by atoms with E-state index in [1.807, 2.05) is 24.3 Å². The van der Waals surface area contributed by atoms with E-state index in [2.05, 4.69) is 9.97 Å². The number of nitrogens with zero attached hydrogens (tertiary/aromatic N) is 2. The molecule has 1 heterocycles. The molecule has 2 aromatic rings. The van der Waals surface area contributed by atoms with Gasteiger partial charge in [0.15, 0.2) is 0 Å². The zero-order valence-corrected chi connectivity index (χ0v) is 11.3. The van der Waals surface area contributed by atoms with E-state index >= 15 is 0 Å². The van der Waals surface area contributed by atoms with Crippen LogP contribution in [0.5, 0.6) is 5.75 Å². The summed E-state index contributed by atoms with van der Waals surface area (Å²) < 4.78 is 5.07. The number of rotatable bonds is 4. The van der Waals surface area contributed by atoms with Crippen LogP contribution in [-0.4, -0.2) is 28.2 Å². The number of hydrogen-bond donors (Lipinski definition) is 1. The minimum atomic E-state index is -1.03. The molecule has 0 fully saturated rings. The maximum atomic E-state index is 11.1. The highest BCUT2D eigenvalue weighted by Gasteiger charge is 2.13. The fraction of sp³-hybridized carbons (Fsp3) is 0.154. The van der Waals surface area contributed by atoms with Crippen LogP contribution in [0.2, 0.25) is 0 Å². The Kier molecular flexibility index (Phi) is 4.01. The van der Waals surface area contributed by atoms with Crippen LogP contribution in [-0.2, 0) is 0 Å². The molecule has 0 aliphatic rings. The van der Waals surface area contributed by atoms with Crippen LogP contribution in [0.1, 0.15) is 16.2 Å². The van der Waals surface area contributed by atoms with Gasteiger partial charge in [0.2, 0.25) is 0 Å². The number of aromatic nitrogens is 2. The quantitative estimate of drug-likeness (QED) is 0.865. The average molecular weight is 276 g/mol. The normalized spacial score (nSPS) is 10.2. The lowest BCUT2D eigenvalue weighted by molar-refractivity contribution is 0.0691. The summed E-state index contributed by atoms with van der Waals surface area (Å²) in [5, 5.41) is 9.54. The fourth-order valence-corrected chi connectivity index (χ4v) is 2.35. The summed E-state index contributed by atoms with van der Waals surface area (Å²) in [6, 6.07) is 7.34. The molecule has 0 saturated carbocycles. The van der Waals surface area contributed by atoms with Gasteiger partial charge in [0.25, 0.3) is 0 Å². The lowest BCUT2D eigenvalue weighted by Crippen LogP contribution is -2.03. The van der Waals surface area contributed by atoms with E-state index in [-0.39, 0.29) is 5.56 Å². The van der Waals surface area contributed by atoms with Crippen molar-refractivity contribution in [2.45, 2.75) is 16.8 Å². The van der Waals surface area contributed by atoms with Crippen molar-refractivity contribution in [3.63, 3.8) is 0 Å². The van der Waals surface area contributed by atoms with Crippen molar-refractivity contribution in [1.29, 1.82) is 0 Å². The van der Waals surface area contributed by atoms with Gasteiger partial charge in [-0.1, -0.05) is 11.8 Å². The zero-order chi connectivity index (χ0) is 13.8. The molecule has 0 aliphatic heterocycles. The molecule has 98 valence electrons. The van der Waals surface area contributed by atoms with Crippen LogP contribution < -0.4 is 4.74 Å². The van der Waals surface area contributed by atoms with Crippen LogP contribution in [0.15, 0.2) is 40.4 Å². The summed E-state index contributed by atoms with van der Waals surface area (Å²) in [5.74, 6) is 0.263. The van der Waals surface area contributed by atoms with Crippen LogP contribution in [0.4, 0.5) is 0 Å². The molecular weight excluding hydrogens is 264 g/mol. The zero-order valence-electron chi connectivity index (χ0n) is 10.5. The van der Waals surface area contributed by atoms with E-state index in [1.165, 1.54) is 18.0 Å². The Bertz CT molecular complexity index is 599. The van der Waals surface area contributed by atoms with Crippen LogP contribution >= 0.6 is 11.8 Å². The van der Waals surface area contributed by atoms with Gasteiger partial charge in [0.05, 0.1) is 7.11 Å². The summed E-state index contributed by atoms with van der Waals surface area (Å²) in [6.45, 7) is 1.73. The minimum absolute atomic E-state index is 0.103. The van der Waals surface area contributed by atoms with Gasteiger partial charge < -0.3 is 9.84 Å². The molecule has 2 rings (SSSR count). The number of carboxylic acids is 1. The number of carboxylic acid groups (broad SMARTS) is 1. The number of aryl methyl sites for hydroxylation is 1. The number of ether oxygens (including phenoxy) is 1. The second kappa shape index (κ2) is 5.71. The monoisotopic (exact) mass is 276 g/mol. The van der Waals surface area contributed by atoms with E-state index in [0.717, 1.165) is 10.6 Å². The van der Waals surface area contributed by atoms with Crippen LogP contribution in [0.3, 0.4) is 0 Å². The lowest BCUT2D eigenvalue weighted by atomic mass is 10.3. The van der Waals surface area contributed by atoms with Gasteiger partial charge in [-0.15, -0.1) is 0 Å². The topological polar surface area (TPSA) is 72.3 Å². The standard InChI is InChI=1S/C13H12N2O3S/c1-8-14-7-11(13(16)17)12(15-8)19-10-5-3-9(18-2)4-6-10/h3-7H,1-2H3,(H,16,17). The molecule has 0 saturated heterocycles. The first-order valence-electron chi connectivity index (χ1n) is 5.49. The first-order valence-corrected chi connectivity index (χ1v) is 6.30. The number of methoxy groups -OCH3 is 1. The molecule has 0 atom stereocenters. The van der Waals surface area contributed by atoms with Gasteiger partial charge >= 0.3 is 5.97 Å². The maximum Gasteiger partial charge on any atom is 0.340 e. The molecule has 6 heteroatoms. The van der Waals surface area contributed by atoms with Gasteiger partial charge in [-0.3, -0.25) is 0 Å². The Balaban J connectivity index is 2.31. The lowest BCUT2D eigenvalue weighted by Gasteiger charge is -2.06. The summed E-state index contributed by atoms with van der Waals surface area (Å²) in [7, 11) is 1.60. The molecule has 1 N–H and O–H groups in total. The summed E-state index contributed by atoms with van der Waals surface area (Å²) in [4.78, 5) is 20.1. The Morgan fingerprint density at radius 3 is 2.58 bits per heavy atom. The number of benzene rings is 1. The third kappa shape index (κ3) is 3.23. The molecule has 1 aromatic carbocycles. The second-order valence-electron chi connectivity index (χ2n) is 3.72. The average Bonchev–Trinajstić information content (AvgIpc) is 2.39. The van der Waals surface area contributed by atoms with Crippen molar-refractivity contribution < 1.29 is 14.6 Å². The molecule has 0 amide bonds. The minimum Gasteiger partial charge on any atom is -0.497 e. The Hall–Kier alpha value is -2.08. The van der Waals surface area contributed by atoms with Crippen LogP contribution in [0, 0.1) is 6.92 Å². The van der Waals surface area contributed by atoms with Gasteiger partial charge in [-0.25, -0.2) is 14.8 Å². The van der Waals surface area contributed by atoms with Crippen molar-refractivity contribution in [2.24, 2.45) is 0 Å². The maximum absolute atomic E-state index is 11.1. The number of carbonyl (C=O) groups is 1. The highest BCUT2D eigenvalue weighted by atomic mass is 32.2. The molecule has 0 unspecified atom stereocenters. The first-order chi connectivity index (χ1) is 9.10. The van der Waals surface area contributed by atoms with E-state index < -0.39 is 5.97 Å². The van der Waals surface area contributed by atoms with Crippen molar-refractivity contribution in [2.75, 3.05) is 7.11 Å². The van der Waals surface area contributed by atoms with Crippen LogP contribution in [0.25, 0.3) is 0 Å². The van der Waals surface area contributed by atoms with E-state index in [9.17, 15) is 4.79 Å². The highest BCUT2D eigenvalue weighted by molar-refractivity contribution is 7.99. The van der Waals surface area contributed by atoms with Crippen molar-refractivity contribution in [1.82, 2.24) is 9.97 Å². The van der Waals surface area contributed by atoms with E-state index in [0.29, 0.717) is 10.9 Å². The molecule has 0 bridgehead atoms. The predicted molar refractivity (Wildman–Crippen MR) is 70.8 cm³/mol. The van der Waals surface area contributed by atoms with Gasteiger partial charge in [0, 0.05) is 11.1 Å². The Labute approximate surface area is 114 Å². The number of aromatic carboxylic acids is 1. The molecule has 0 radical (unpaired) electrons. The Morgan fingerprint density at radius 2 is 2.00 bits per heavy atom. The molecule has 19 heavy (non-hydrogen) atoms. The van der Waals surface area contributed by atoms with E-state index in [4.69, 9.17) is 9.84 Å². The number of hydrogen-bond acceptors (Lipinski definition) is 5. The Morgan fingerprint density at radius 1 is 1.32 bits per heavy atom. The van der Waals surface area contributed by atoms with Crippen molar-refractivity contribution in [3.05, 3.63) is 41.9 Å². The predicted octanol–water partition coefficient (Wildman–Crippen LogP) is 2.64. The highest BCUT2D eigenvalue weighted by Crippen LogP contribution is 2.29.